The molecule has 0 heterocycles. The fourth-order valence-electron chi connectivity index (χ4n) is 7.50. The van der Waals surface area contributed by atoms with Crippen molar-refractivity contribution in [2.24, 2.45) is 41.2 Å². The van der Waals surface area contributed by atoms with Crippen molar-refractivity contribution in [2.45, 2.75) is 83.1 Å². The lowest BCUT2D eigenvalue weighted by Gasteiger charge is -2.46. The highest BCUT2D eigenvalue weighted by molar-refractivity contribution is 4.92. The zero-order valence-corrected chi connectivity index (χ0v) is 18.8. The van der Waals surface area contributed by atoms with Crippen molar-refractivity contribution in [3.8, 4) is 0 Å². The molecule has 29 heavy (non-hydrogen) atoms. The van der Waals surface area contributed by atoms with Gasteiger partial charge in [0.25, 0.3) is 0 Å². The summed E-state index contributed by atoms with van der Waals surface area (Å²) in [5.74, 6) is 6.29. The van der Waals surface area contributed by atoms with Crippen LogP contribution in [-0.2, 0) is 0 Å². The van der Waals surface area contributed by atoms with Crippen LogP contribution in [0.1, 0.15) is 77.0 Å². The molecule has 6 aliphatic rings. The second-order valence-electron chi connectivity index (χ2n) is 11.0. The number of rotatable bonds is 13. The van der Waals surface area contributed by atoms with Crippen LogP contribution in [0, 0.1) is 35.5 Å². The van der Waals surface area contributed by atoms with Gasteiger partial charge >= 0.3 is 0 Å². The van der Waals surface area contributed by atoms with Crippen LogP contribution in [0.2, 0.25) is 0 Å². The quantitative estimate of drug-likeness (QED) is 0.355. The van der Waals surface area contributed by atoms with Gasteiger partial charge in [0.1, 0.15) is 0 Å². The van der Waals surface area contributed by atoms with Crippen molar-refractivity contribution in [2.75, 3.05) is 39.3 Å². The third-order valence-electron chi connectivity index (χ3n) is 9.10. The SMILES string of the molecule is NCCNCCNCCNC(CC1CC2CCC1CC2)CC1CC2CCC1CC2. The maximum absolute atomic E-state index is 5.53. The monoisotopic (exact) mass is 404 g/mol. The molecule has 168 valence electrons. The van der Waals surface area contributed by atoms with Crippen LogP contribution in [0.4, 0.5) is 0 Å². The molecule has 2 unspecified atom stereocenters. The molecule has 0 spiro atoms. The predicted octanol–water partition coefficient (Wildman–Crippen LogP) is 3.52. The van der Waals surface area contributed by atoms with E-state index in [0.29, 0.717) is 0 Å². The van der Waals surface area contributed by atoms with Crippen LogP contribution >= 0.6 is 0 Å². The van der Waals surface area contributed by atoms with E-state index in [1.54, 1.807) is 12.8 Å². The Morgan fingerprint density at radius 1 is 0.621 bits per heavy atom. The van der Waals surface area contributed by atoms with Gasteiger partial charge in [0.2, 0.25) is 0 Å². The molecular formula is C25H48N4. The van der Waals surface area contributed by atoms with E-state index in [1.807, 2.05) is 0 Å². The van der Waals surface area contributed by atoms with Gasteiger partial charge < -0.3 is 21.7 Å². The van der Waals surface area contributed by atoms with Gasteiger partial charge in [-0.3, -0.25) is 0 Å². The predicted molar refractivity (Wildman–Crippen MR) is 123 cm³/mol. The Bertz CT molecular complexity index is 422. The van der Waals surface area contributed by atoms with E-state index in [1.165, 1.54) is 64.2 Å². The molecule has 0 saturated heterocycles. The normalized spacial score (nSPS) is 37.1. The van der Waals surface area contributed by atoms with E-state index >= 15 is 0 Å². The second-order valence-corrected chi connectivity index (χ2v) is 11.0. The van der Waals surface area contributed by atoms with Crippen molar-refractivity contribution >= 4 is 0 Å². The van der Waals surface area contributed by atoms with Crippen molar-refractivity contribution in [1.82, 2.24) is 16.0 Å². The maximum Gasteiger partial charge on any atom is 0.00793 e. The molecule has 4 nitrogen and oxygen atoms in total. The summed E-state index contributed by atoms with van der Waals surface area (Å²) in [5, 5.41) is 11.0. The Morgan fingerprint density at radius 3 is 1.55 bits per heavy atom. The van der Waals surface area contributed by atoms with Crippen molar-refractivity contribution in [3.05, 3.63) is 0 Å². The van der Waals surface area contributed by atoms with E-state index in [-0.39, 0.29) is 0 Å². The minimum absolute atomic E-state index is 0.731. The summed E-state index contributed by atoms with van der Waals surface area (Å²) in [6.07, 6.45) is 18.3. The van der Waals surface area contributed by atoms with Crippen LogP contribution < -0.4 is 21.7 Å². The van der Waals surface area contributed by atoms with E-state index in [0.717, 1.165) is 80.8 Å². The first-order chi connectivity index (χ1) is 14.3. The van der Waals surface area contributed by atoms with Gasteiger partial charge in [-0.2, -0.15) is 0 Å². The number of hydrogen-bond donors (Lipinski definition) is 4. The van der Waals surface area contributed by atoms with E-state index in [4.69, 9.17) is 5.73 Å². The van der Waals surface area contributed by atoms with Crippen molar-refractivity contribution in [1.29, 1.82) is 0 Å². The summed E-state index contributed by atoms with van der Waals surface area (Å²) in [6.45, 7) is 5.95. The highest BCUT2D eigenvalue weighted by atomic mass is 15.0. The Kier molecular flexibility index (Phi) is 8.71. The maximum atomic E-state index is 5.53. The smallest absolute Gasteiger partial charge is 0.00793 e. The van der Waals surface area contributed by atoms with Crippen LogP contribution in [0.3, 0.4) is 0 Å². The Balaban J connectivity index is 1.22. The molecule has 4 heteroatoms. The third-order valence-corrected chi connectivity index (χ3v) is 9.10. The lowest BCUT2D eigenvalue weighted by atomic mass is 9.61. The largest absolute Gasteiger partial charge is 0.329 e. The number of nitrogens with two attached hydrogens (primary N) is 1. The average Bonchev–Trinajstić information content (AvgIpc) is 2.77. The topological polar surface area (TPSA) is 62.1 Å². The number of nitrogens with one attached hydrogen (secondary N) is 3. The molecule has 6 saturated carbocycles. The zero-order chi connectivity index (χ0) is 19.9. The summed E-state index contributed by atoms with van der Waals surface area (Å²) in [5.41, 5.74) is 5.53. The zero-order valence-electron chi connectivity index (χ0n) is 18.8. The fourth-order valence-corrected chi connectivity index (χ4v) is 7.50. The molecule has 6 fully saturated rings. The highest BCUT2D eigenvalue weighted by Crippen LogP contribution is 2.49. The molecule has 0 aromatic carbocycles. The highest BCUT2D eigenvalue weighted by Gasteiger charge is 2.39. The molecule has 0 amide bonds. The van der Waals surface area contributed by atoms with Crippen molar-refractivity contribution < 1.29 is 0 Å². The van der Waals surface area contributed by atoms with Crippen LogP contribution in [0.5, 0.6) is 0 Å². The molecule has 6 aliphatic carbocycles. The molecule has 6 rings (SSSR count). The standard InChI is InChI=1S/C25H48N4/c26-9-10-27-11-12-28-13-14-29-25(17-23-15-19-1-5-21(23)6-2-19)18-24-16-20-3-7-22(24)8-4-20/h19-25,27-29H,1-18,26H2. The first-order valence-corrected chi connectivity index (χ1v) is 13.2. The lowest BCUT2D eigenvalue weighted by Crippen LogP contribution is -2.43. The molecule has 4 bridgehead atoms. The first kappa shape index (κ1) is 22.0. The van der Waals surface area contributed by atoms with Gasteiger partial charge in [-0.25, -0.2) is 0 Å². The van der Waals surface area contributed by atoms with Crippen molar-refractivity contribution in [3.63, 3.8) is 0 Å². The van der Waals surface area contributed by atoms with Crippen LogP contribution in [0.15, 0.2) is 0 Å². The fraction of sp³-hybridized carbons (Fsp3) is 1.00. The van der Waals surface area contributed by atoms with E-state index in [9.17, 15) is 0 Å². The molecule has 0 aliphatic heterocycles. The summed E-state index contributed by atoms with van der Waals surface area (Å²) < 4.78 is 0. The molecule has 2 atom stereocenters. The summed E-state index contributed by atoms with van der Waals surface area (Å²) in [7, 11) is 0. The summed E-state index contributed by atoms with van der Waals surface area (Å²) >= 11 is 0. The lowest BCUT2D eigenvalue weighted by molar-refractivity contribution is 0.0616. The van der Waals surface area contributed by atoms with Gasteiger partial charge in [0.05, 0.1) is 0 Å². The van der Waals surface area contributed by atoms with Crippen LogP contribution in [0.25, 0.3) is 0 Å². The molecule has 0 aromatic heterocycles. The third kappa shape index (κ3) is 6.41. The van der Waals surface area contributed by atoms with Gasteiger partial charge in [-0.15, -0.1) is 0 Å². The first-order valence-electron chi connectivity index (χ1n) is 13.2. The average molecular weight is 405 g/mol. The Labute approximate surface area is 179 Å². The van der Waals surface area contributed by atoms with Gasteiger partial charge in [-0.05, 0) is 86.9 Å². The van der Waals surface area contributed by atoms with Gasteiger partial charge in [0, 0.05) is 45.3 Å². The van der Waals surface area contributed by atoms with Gasteiger partial charge in [-0.1, -0.05) is 25.7 Å². The van der Waals surface area contributed by atoms with Gasteiger partial charge in [0.15, 0.2) is 0 Å². The van der Waals surface area contributed by atoms with E-state index in [2.05, 4.69) is 16.0 Å². The number of fused-ring (bicyclic) bond motifs is 6. The minimum atomic E-state index is 0.731. The minimum Gasteiger partial charge on any atom is -0.329 e. The summed E-state index contributed by atoms with van der Waals surface area (Å²) in [6, 6.07) is 0.765. The second kappa shape index (κ2) is 11.5. The molecule has 0 radical (unpaired) electrons. The summed E-state index contributed by atoms with van der Waals surface area (Å²) in [4.78, 5) is 0. The Hall–Kier alpha value is -0.160. The Morgan fingerprint density at radius 2 is 1.10 bits per heavy atom. The van der Waals surface area contributed by atoms with E-state index < -0.39 is 0 Å². The molecular weight excluding hydrogens is 356 g/mol. The molecule has 5 N–H and O–H groups in total. The molecule has 0 aromatic rings. The number of hydrogen-bond acceptors (Lipinski definition) is 4. The van der Waals surface area contributed by atoms with Crippen LogP contribution in [-0.4, -0.2) is 45.3 Å².